The third-order valence-corrected chi connectivity index (χ3v) is 2.96. The van der Waals surface area contributed by atoms with Gasteiger partial charge in [0.2, 0.25) is 5.91 Å². The predicted molar refractivity (Wildman–Crippen MR) is 80.8 cm³/mol. The van der Waals surface area contributed by atoms with Crippen molar-refractivity contribution >= 4 is 5.91 Å². The lowest BCUT2D eigenvalue weighted by molar-refractivity contribution is -0.124. The SMILES string of the molecule is COCCCNC(=O)C(C)n1cc(CNC(C)(C)C)nn1. The second kappa shape index (κ2) is 8.09. The van der Waals surface area contributed by atoms with E-state index in [0.29, 0.717) is 19.7 Å². The summed E-state index contributed by atoms with van der Waals surface area (Å²) in [5.74, 6) is -0.0636. The van der Waals surface area contributed by atoms with Gasteiger partial charge in [-0.15, -0.1) is 5.10 Å². The van der Waals surface area contributed by atoms with E-state index in [0.717, 1.165) is 12.1 Å². The summed E-state index contributed by atoms with van der Waals surface area (Å²) < 4.78 is 6.53. The van der Waals surface area contributed by atoms with Crippen molar-refractivity contribution in [2.75, 3.05) is 20.3 Å². The number of nitrogens with zero attached hydrogens (tertiary/aromatic N) is 3. The van der Waals surface area contributed by atoms with E-state index in [9.17, 15) is 4.79 Å². The Morgan fingerprint density at radius 1 is 1.48 bits per heavy atom. The first-order chi connectivity index (χ1) is 9.83. The van der Waals surface area contributed by atoms with Gasteiger partial charge in [0.1, 0.15) is 6.04 Å². The summed E-state index contributed by atoms with van der Waals surface area (Å²) in [5, 5.41) is 14.3. The number of aromatic nitrogens is 3. The average Bonchev–Trinajstić information content (AvgIpc) is 2.88. The maximum atomic E-state index is 12.0. The number of hydrogen-bond donors (Lipinski definition) is 2. The minimum atomic E-state index is -0.372. The van der Waals surface area contributed by atoms with E-state index in [1.807, 2.05) is 0 Å². The molecule has 0 spiro atoms. The molecule has 0 aliphatic heterocycles. The van der Waals surface area contributed by atoms with Crippen LogP contribution >= 0.6 is 0 Å². The lowest BCUT2D eigenvalue weighted by atomic mass is 10.1. The van der Waals surface area contributed by atoms with Crippen LogP contribution in [-0.2, 0) is 16.1 Å². The average molecular weight is 297 g/mol. The first-order valence-corrected chi connectivity index (χ1v) is 7.26. The third kappa shape index (κ3) is 6.68. The van der Waals surface area contributed by atoms with Crippen molar-refractivity contribution in [1.82, 2.24) is 25.6 Å². The van der Waals surface area contributed by atoms with Crippen LogP contribution in [0.3, 0.4) is 0 Å². The molecule has 0 aromatic carbocycles. The quantitative estimate of drug-likeness (QED) is 0.696. The molecule has 2 N–H and O–H groups in total. The molecule has 1 amide bonds. The second-order valence-electron chi connectivity index (χ2n) is 6.11. The number of nitrogens with one attached hydrogen (secondary N) is 2. The molecule has 0 fully saturated rings. The van der Waals surface area contributed by atoms with Crippen molar-refractivity contribution in [3.63, 3.8) is 0 Å². The maximum Gasteiger partial charge on any atom is 0.244 e. The Bertz CT molecular complexity index is 439. The van der Waals surface area contributed by atoms with Gasteiger partial charge in [0.25, 0.3) is 0 Å². The van der Waals surface area contributed by atoms with Gasteiger partial charge in [0, 0.05) is 32.3 Å². The smallest absolute Gasteiger partial charge is 0.244 e. The van der Waals surface area contributed by atoms with E-state index in [1.165, 1.54) is 0 Å². The van der Waals surface area contributed by atoms with E-state index >= 15 is 0 Å². The van der Waals surface area contributed by atoms with Gasteiger partial charge in [-0.3, -0.25) is 4.79 Å². The zero-order chi connectivity index (χ0) is 15.9. The third-order valence-electron chi connectivity index (χ3n) is 2.96. The minimum absolute atomic E-state index is 0.0219. The largest absolute Gasteiger partial charge is 0.385 e. The van der Waals surface area contributed by atoms with Crippen molar-refractivity contribution in [2.24, 2.45) is 0 Å². The molecule has 21 heavy (non-hydrogen) atoms. The highest BCUT2D eigenvalue weighted by Crippen LogP contribution is 2.06. The molecular formula is C14H27N5O2. The van der Waals surface area contributed by atoms with Crippen LogP contribution in [0, 0.1) is 0 Å². The molecule has 7 nitrogen and oxygen atoms in total. The molecule has 1 aromatic rings. The van der Waals surface area contributed by atoms with Crippen molar-refractivity contribution < 1.29 is 9.53 Å². The Morgan fingerprint density at radius 3 is 2.81 bits per heavy atom. The summed E-state index contributed by atoms with van der Waals surface area (Å²) in [7, 11) is 1.65. The van der Waals surface area contributed by atoms with Gasteiger partial charge >= 0.3 is 0 Å². The number of carbonyl (C=O) groups is 1. The standard InChI is InChI=1S/C14H27N5O2/c1-11(13(20)15-7-6-8-21-5)19-10-12(17-18-19)9-16-14(2,3)4/h10-11,16H,6-9H2,1-5H3,(H,15,20). The Labute approximate surface area is 126 Å². The van der Waals surface area contributed by atoms with Crippen LogP contribution in [0.1, 0.15) is 45.9 Å². The van der Waals surface area contributed by atoms with E-state index in [1.54, 1.807) is 24.9 Å². The number of carbonyl (C=O) groups excluding carboxylic acids is 1. The second-order valence-corrected chi connectivity index (χ2v) is 6.11. The van der Waals surface area contributed by atoms with Gasteiger partial charge in [-0.1, -0.05) is 5.21 Å². The van der Waals surface area contributed by atoms with Crippen molar-refractivity contribution in [2.45, 2.75) is 52.2 Å². The van der Waals surface area contributed by atoms with Crippen LogP contribution in [0.4, 0.5) is 0 Å². The first kappa shape index (κ1) is 17.6. The summed E-state index contributed by atoms with van der Waals surface area (Å²) >= 11 is 0. The van der Waals surface area contributed by atoms with Gasteiger partial charge in [-0.05, 0) is 34.1 Å². The van der Waals surface area contributed by atoms with Crippen molar-refractivity contribution in [3.05, 3.63) is 11.9 Å². The monoisotopic (exact) mass is 297 g/mol. The van der Waals surface area contributed by atoms with E-state index in [2.05, 4.69) is 41.7 Å². The fraction of sp³-hybridized carbons (Fsp3) is 0.786. The van der Waals surface area contributed by atoms with E-state index in [4.69, 9.17) is 4.74 Å². The topological polar surface area (TPSA) is 81.1 Å². The molecule has 0 bridgehead atoms. The Hall–Kier alpha value is -1.47. The fourth-order valence-corrected chi connectivity index (χ4v) is 1.64. The number of ether oxygens (including phenoxy) is 1. The molecule has 0 aliphatic carbocycles. The van der Waals surface area contributed by atoms with Crippen LogP contribution in [0.2, 0.25) is 0 Å². The molecule has 1 rings (SSSR count). The molecule has 1 unspecified atom stereocenters. The number of amides is 1. The highest BCUT2D eigenvalue weighted by Gasteiger charge is 2.17. The fourth-order valence-electron chi connectivity index (χ4n) is 1.64. The van der Waals surface area contributed by atoms with Crippen LogP contribution in [0.25, 0.3) is 0 Å². The highest BCUT2D eigenvalue weighted by atomic mass is 16.5. The number of methoxy groups -OCH3 is 1. The Morgan fingerprint density at radius 2 is 2.19 bits per heavy atom. The van der Waals surface area contributed by atoms with Crippen LogP contribution in [-0.4, -0.2) is 46.7 Å². The number of rotatable bonds is 8. The summed E-state index contributed by atoms with van der Waals surface area (Å²) in [6, 6.07) is -0.372. The van der Waals surface area contributed by atoms with Crippen molar-refractivity contribution in [3.8, 4) is 0 Å². The van der Waals surface area contributed by atoms with Gasteiger partial charge in [0.15, 0.2) is 0 Å². The highest BCUT2D eigenvalue weighted by molar-refractivity contribution is 5.79. The zero-order valence-electron chi connectivity index (χ0n) is 13.6. The van der Waals surface area contributed by atoms with Gasteiger partial charge in [0.05, 0.1) is 11.9 Å². The molecule has 0 saturated heterocycles. The van der Waals surface area contributed by atoms with Crippen LogP contribution < -0.4 is 10.6 Å². The van der Waals surface area contributed by atoms with E-state index in [-0.39, 0.29) is 17.5 Å². The lowest BCUT2D eigenvalue weighted by Crippen LogP contribution is -2.35. The van der Waals surface area contributed by atoms with E-state index < -0.39 is 0 Å². The molecule has 1 aromatic heterocycles. The molecule has 1 atom stereocenters. The van der Waals surface area contributed by atoms with Crippen LogP contribution in [0.5, 0.6) is 0 Å². The molecule has 1 heterocycles. The van der Waals surface area contributed by atoms with Gasteiger partial charge in [-0.25, -0.2) is 4.68 Å². The Kier molecular flexibility index (Phi) is 6.77. The zero-order valence-corrected chi connectivity index (χ0v) is 13.6. The molecule has 7 heteroatoms. The van der Waals surface area contributed by atoms with Crippen molar-refractivity contribution in [1.29, 1.82) is 0 Å². The summed E-state index contributed by atoms with van der Waals surface area (Å²) in [6.45, 7) is 9.95. The minimum Gasteiger partial charge on any atom is -0.385 e. The number of hydrogen-bond acceptors (Lipinski definition) is 5. The molecule has 0 radical (unpaired) electrons. The van der Waals surface area contributed by atoms with Gasteiger partial charge < -0.3 is 15.4 Å². The molecule has 120 valence electrons. The normalized spacial score (nSPS) is 13.2. The molecule has 0 saturated carbocycles. The lowest BCUT2D eigenvalue weighted by Gasteiger charge is -2.19. The molecule has 0 aliphatic rings. The molecular weight excluding hydrogens is 270 g/mol. The Balaban J connectivity index is 2.45. The van der Waals surface area contributed by atoms with Gasteiger partial charge in [-0.2, -0.15) is 0 Å². The summed E-state index contributed by atoms with van der Waals surface area (Å²) in [5.41, 5.74) is 0.845. The summed E-state index contributed by atoms with van der Waals surface area (Å²) in [6.07, 6.45) is 2.60. The predicted octanol–water partition coefficient (Wildman–Crippen LogP) is 0.880. The van der Waals surface area contributed by atoms with Crippen LogP contribution in [0.15, 0.2) is 6.20 Å². The first-order valence-electron chi connectivity index (χ1n) is 7.26. The summed E-state index contributed by atoms with van der Waals surface area (Å²) in [4.78, 5) is 12.0. The maximum absolute atomic E-state index is 12.0.